The fourth-order valence-electron chi connectivity index (χ4n) is 2.84. The second kappa shape index (κ2) is 7.60. The molecule has 2 aromatic heterocycles. The summed E-state index contributed by atoms with van der Waals surface area (Å²) in [4.78, 5) is 15.6. The lowest BCUT2D eigenvalue weighted by Crippen LogP contribution is -2.32. The van der Waals surface area contributed by atoms with Gasteiger partial charge in [0.25, 0.3) is 0 Å². The molecule has 0 bridgehead atoms. The van der Waals surface area contributed by atoms with Crippen molar-refractivity contribution in [3.8, 4) is 11.8 Å². The van der Waals surface area contributed by atoms with Crippen LogP contribution in [-0.2, 0) is 11.3 Å². The molecule has 0 spiro atoms. The van der Waals surface area contributed by atoms with Gasteiger partial charge in [0.2, 0.25) is 0 Å². The second-order valence-electron chi connectivity index (χ2n) is 6.28. The Morgan fingerprint density at radius 2 is 2.21 bits per heavy atom. The summed E-state index contributed by atoms with van der Waals surface area (Å²) in [5.41, 5.74) is 1.55. The lowest BCUT2D eigenvalue weighted by molar-refractivity contribution is 0.108. The summed E-state index contributed by atoms with van der Waals surface area (Å²) in [5, 5.41) is 8.78. The Kier molecular flexibility index (Phi) is 5.28. The molecule has 2 aromatic rings. The van der Waals surface area contributed by atoms with E-state index in [-0.39, 0.29) is 6.61 Å². The Labute approximate surface area is 141 Å². The molecule has 24 heavy (non-hydrogen) atoms. The van der Waals surface area contributed by atoms with Crippen molar-refractivity contribution >= 4 is 17.0 Å². The van der Waals surface area contributed by atoms with Crippen LogP contribution in [0.25, 0.3) is 11.2 Å². The quantitative estimate of drug-likeness (QED) is 0.844. The molecule has 0 aromatic carbocycles. The topological polar surface area (TPSA) is 76.3 Å². The van der Waals surface area contributed by atoms with Gasteiger partial charge in [0.1, 0.15) is 12.9 Å². The van der Waals surface area contributed by atoms with E-state index in [4.69, 9.17) is 9.84 Å². The first-order valence-corrected chi connectivity index (χ1v) is 8.25. The number of aliphatic hydroxyl groups is 1. The molecule has 1 fully saturated rings. The van der Waals surface area contributed by atoms with Crippen LogP contribution in [0.1, 0.15) is 13.8 Å². The van der Waals surface area contributed by atoms with Crippen molar-refractivity contribution in [2.24, 2.45) is 11.8 Å². The van der Waals surface area contributed by atoms with E-state index in [0.29, 0.717) is 25.0 Å². The minimum Gasteiger partial charge on any atom is -0.384 e. The van der Waals surface area contributed by atoms with E-state index < -0.39 is 0 Å². The van der Waals surface area contributed by atoms with Crippen LogP contribution in [0, 0.1) is 23.7 Å². The molecule has 1 aliphatic heterocycles. The summed E-state index contributed by atoms with van der Waals surface area (Å²) in [6.45, 7) is 7.93. The summed E-state index contributed by atoms with van der Waals surface area (Å²) in [6, 6.07) is 0. The average molecular weight is 329 g/mol. The van der Waals surface area contributed by atoms with Gasteiger partial charge in [-0.05, 0) is 5.92 Å². The van der Waals surface area contributed by atoms with Crippen LogP contribution >= 0.6 is 0 Å². The number of aromatic nitrogens is 4. The molecule has 0 radical (unpaired) electrons. The van der Waals surface area contributed by atoms with Gasteiger partial charge in [0.05, 0.1) is 26.1 Å². The van der Waals surface area contributed by atoms with E-state index >= 15 is 0 Å². The first-order valence-electron chi connectivity index (χ1n) is 8.25. The van der Waals surface area contributed by atoms with Gasteiger partial charge in [-0.15, -0.1) is 0 Å². The van der Waals surface area contributed by atoms with E-state index in [0.717, 1.165) is 36.7 Å². The summed E-state index contributed by atoms with van der Waals surface area (Å²) >= 11 is 0. The number of anilines is 1. The molecule has 0 saturated carbocycles. The van der Waals surface area contributed by atoms with Gasteiger partial charge in [-0.25, -0.2) is 15.0 Å². The molecule has 1 aliphatic rings. The van der Waals surface area contributed by atoms with E-state index in [9.17, 15) is 0 Å². The summed E-state index contributed by atoms with van der Waals surface area (Å²) in [6.07, 6.45) is 3.30. The minimum atomic E-state index is -0.142. The highest BCUT2D eigenvalue weighted by molar-refractivity contribution is 5.83. The molecule has 3 heterocycles. The highest BCUT2D eigenvalue weighted by Crippen LogP contribution is 2.25. The third-order valence-electron chi connectivity index (χ3n) is 4.37. The second-order valence-corrected chi connectivity index (χ2v) is 6.28. The zero-order valence-corrected chi connectivity index (χ0v) is 14.1. The van der Waals surface area contributed by atoms with Gasteiger partial charge >= 0.3 is 0 Å². The lowest BCUT2D eigenvalue weighted by atomic mass is 9.96. The molecule has 7 heteroatoms. The monoisotopic (exact) mass is 329 g/mol. The Morgan fingerprint density at radius 1 is 1.33 bits per heavy atom. The SMILES string of the molecule is CC(C)C1COCCN(c2ncnc3c2ncn3CC#CCO)C1. The molecule has 7 nitrogen and oxygen atoms in total. The number of hydrogen-bond acceptors (Lipinski definition) is 6. The van der Waals surface area contributed by atoms with Gasteiger partial charge in [-0.3, -0.25) is 0 Å². The number of ether oxygens (including phenoxy) is 1. The number of rotatable bonds is 3. The molecule has 1 unspecified atom stereocenters. The Balaban J connectivity index is 1.91. The maximum Gasteiger partial charge on any atom is 0.166 e. The standard InChI is InChI=1S/C17H23N5O2/c1-13(2)14-9-21(6-8-24-10-14)16-15-17(19-11-18-16)22(12-20-15)5-3-4-7-23/h11-14,23H,5-10H2,1-2H3. The number of aliphatic hydroxyl groups excluding tert-OH is 1. The maximum absolute atomic E-state index is 8.78. The maximum atomic E-state index is 8.78. The highest BCUT2D eigenvalue weighted by atomic mass is 16.5. The largest absolute Gasteiger partial charge is 0.384 e. The molecule has 3 rings (SSSR count). The normalized spacial score (nSPS) is 18.5. The fraction of sp³-hybridized carbons (Fsp3) is 0.588. The van der Waals surface area contributed by atoms with Crippen LogP contribution < -0.4 is 4.90 Å². The van der Waals surface area contributed by atoms with E-state index in [1.165, 1.54) is 0 Å². The molecule has 128 valence electrons. The molecular weight excluding hydrogens is 306 g/mol. The van der Waals surface area contributed by atoms with E-state index in [1.807, 2.05) is 4.57 Å². The zero-order valence-electron chi connectivity index (χ0n) is 14.1. The van der Waals surface area contributed by atoms with Crippen LogP contribution in [-0.4, -0.2) is 57.5 Å². The number of imidazole rings is 1. The van der Waals surface area contributed by atoms with Crippen LogP contribution in [0.2, 0.25) is 0 Å². The van der Waals surface area contributed by atoms with Crippen molar-refractivity contribution in [1.82, 2.24) is 19.5 Å². The first-order chi connectivity index (χ1) is 11.7. The zero-order chi connectivity index (χ0) is 16.9. The van der Waals surface area contributed by atoms with E-state index in [2.05, 4.69) is 45.5 Å². The van der Waals surface area contributed by atoms with Gasteiger partial charge in [0, 0.05) is 19.0 Å². The first kappa shape index (κ1) is 16.7. The van der Waals surface area contributed by atoms with Crippen molar-refractivity contribution in [3.05, 3.63) is 12.7 Å². The van der Waals surface area contributed by atoms with E-state index in [1.54, 1.807) is 12.7 Å². The van der Waals surface area contributed by atoms with Gasteiger partial charge in [0.15, 0.2) is 17.0 Å². The molecular formula is C17H23N5O2. The Bertz CT molecular complexity index is 746. The Hall–Kier alpha value is -2.17. The number of hydrogen-bond donors (Lipinski definition) is 1. The van der Waals surface area contributed by atoms with Crippen molar-refractivity contribution in [1.29, 1.82) is 0 Å². The summed E-state index contributed by atoms with van der Waals surface area (Å²) in [5.74, 6) is 7.40. The summed E-state index contributed by atoms with van der Waals surface area (Å²) in [7, 11) is 0. The third-order valence-corrected chi connectivity index (χ3v) is 4.37. The van der Waals surface area contributed by atoms with Crippen molar-refractivity contribution in [2.75, 3.05) is 37.8 Å². The lowest BCUT2D eigenvalue weighted by Gasteiger charge is -2.26. The van der Waals surface area contributed by atoms with Gasteiger partial charge in [-0.2, -0.15) is 0 Å². The average Bonchev–Trinajstić information content (AvgIpc) is 2.83. The number of nitrogens with zero attached hydrogens (tertiary/aromatic N) is 5. The van der Waals surface area contributed by atoms with Crippen LogP contribution in [0.15, 0.2) is 12.7 Å². The van der Waals surface area contributed by atoms with Gasteiger partial charge < -0.3 is 19.3 Å². The molecule has 1 saturated heterocycles. The molecule has 1 N–H and O–H groups in total. The van der Waals surface area contributed by atoms with Crippen molar-refractivity contribution < 1.29 is 9.84 Å². The van der Waals surface area contributed by atoms with Crippen molar-refractivity contribution in [3.63, 3.8) is 0 Å². The molecule has 1 atom stereocenters. The predicted octanol–water partition coefficient (Wildman–Crippen LogP) is 0.931. The van der Waals surface area contributed by atoms with Crippen LogP contribution in [0.5, 0.6) is 0 Å². The third kappa shape index (κ3) is 3.50. The van der Waals surface area contributed by atoms with Crippen molar-refractivity contribution in [2.45, 2.75) is 20.4 Å². The van der Waals surface area contributed by atoms with Gasteiger partial charge in [-0.1, -0.05) is 25.7 Å². The molecule has 0 aliphatic carbocycles. The minimum absolute atomic E-state index is 0.142. The molecule has 0 amide bonds. The smallest absolute Gasteiger partial charge is 0.166 e. The summed E-state index contributed by atoms with van der Waals surface area (Å²) < 4.78 is 7.62. The number of fused-ring (bicyclic) bond motifs is 1. The fourth-order valence-corrected chi connectivity index (χ4v) is 2.84. The Morgan fingerprint density at radius 3 is 3.00 bits per heavy atom. The highest BCUT2D eigenvalue weighted by Gasteiger charge is 2.24. The predicted molar refractivity (Wildman–Crippen MR) is 91.5 cm³/mol. The van der Waals surface area contributed by atoms with Crippen LogP contribution in [0.3, 0.4) is 0 Å². The van der Waals surface area contributed by atoms with Crippen LogP contribution in [0.4, 0.5) is 5.82 Å².